The third kappa shape index (κ3) is 3.21. The Kier molecular flexibility index (Phi) is 4.56. The van der Waals surface area contributed by atoms with Crippen LogP contribution in [0.2, 0.25) is 10.3 Å². The summed E-state index contributed by atoms with van der Waals surface area (Å²) in [6, 6.07) is 10.2. The molecule has 4 heteroatoms. The van der Waals surface area contributed by atoms with Crippen molar-refractivity contribution in [2.45, 2.75) is 26.2 Å². The van der Waals surface area contributed by atoms with E-state index >= 15 is 0 Å². The Morgan fingerprint density at radius 2 is 1.56 bits per heavy atom. The lowest BCUT2D eigenvalue weighted by Gasteiger charge is -2.06. The lowest BCUT2D eigenvalue weighted by Crippen LogP contribution is -2.02. The van der Waals surface area contributed by atoms with Crippen molar-refractivity contribution in [3.8, 4) is 0 Å². The number of hydrogen-bond acceptors (Lipinski definition) is 2. The van der Waals surface area contributed by atoms with Crippen molar-refractivity contribution in [2.75, 3.05) is 0 Å². The zero-order chi connectivity index (χ0) is 13.0. The fourth-order valence-electron chi connectivity index (χ4n) is 1.78. The van der Waals surface area contributed by atoms with Crippen LogP contribution in [0.5, 0.6) is 0 Å². The van der Waals surface area contributed by atoms with Gasteiger partial charge in [0.1, 0.15) is 16.1 Å². The summed E-state index contributed by atoms with van der Waals surface area (Å²) in [5.74, 6) is 0.700. The van der Waals surface area contributed by atoms with Gasteiger partial charge in [0.05, 0.1) is 0 Å². The SMILES string of the molecule is CCc1c(Cl)nc(CCc2ccccc2)nc1Cl. The molecule has 2 aromatic rings. The van der Waals surface area contributed by atoms with Gasteiger partial charge < -0.3 is 0 Å². The van der Waals surface area contributed by atoms with Crippen LogP contribution in [0, 0.1) is 0 Å². The molecule has 0 saturated heterocycles. The van der Waals surface area contributed by atoms with Gasteiger partial charge in [-0.2, -0.15) is 0 Å². The van der Waals surface area contributed by atoms with Crippen LogP contribution in [0.4, 0.5) is 0 Å². The summed E-state index contributed by atoms with van der Waals surface area (Å²) < 4.78 is 0. The highest BCUT2D eigenvalue weighted by molar-refractivity contribution is 6.34. The first kappa shape index (κ1) is 13.3. The molecule has 1 heterocycles. The third-order valence-corrected chi connectivity index (χ3v) is 3.41. The van der Waals surface area contributed by atoms with E-state index in [1.165, 1.54) is 5.56 Å². The summed E-state index contributed by atoms with van der Waals surface area (Å²) >= 11 is 12.2. The first-order chi connectivity index (χ1) is 8.70. The van der Waals surface area contributed by atoms with E-state index in [1.807, 2.05) is 25.1 Å². The molecule has 0 atom stereocenters. The second-order valence-electron chi connectivity index (χ2n) is 4.04. The highest BCUT2D eigenvalue weighted by Crippen LogP contribution is 2.22. The van der Waals surface area contributed by atoms with E-state index < -0.39 is 0 Å². The minimum atomic E-state index is 0.473. The first-order valence-electron chi connectivity index (χ1n) is 5.95. The van der Waals surface area contributed by atoms with Crippen LogP contribution in [0.15, 0.2) is 30.3 Å². The van der Waals surface area contributed by atoms with Crippen molar-refractivity contribution in [3.63, 3.8) is 0 Å². The molecule has 18 heavy (non-hydrogen) atoms. The van der Waals surface area contributed by atoms with Gasteiger partial charge in [0, 0.05) is 12.0 Å². The van der Waals surface area contributed by atoms with Gasteiger partial charge in [-0.25, -0.2) is 9.97 Å². The van der Waals surface area contributed by atoms with Crippen LogP contribution in [0.3, 0.4) is 0 Å². The summed E-state index contributed by atoms with van der Waals surface area (Å²) in [5.41, 5.74) is 2.08. The average Bonchev–Trinajstić information content (AvgIpc) is 2.37. The number of halogens is 2. The molecule has 0 N–H and O–H groups in total. The number of aryl methyl sites for hydroxylation is 2. The van der Waals surface area contributed by atoms with E-state index in [4.69, 9.17) is 23.2 Å². The molecule has 2 nitrogen and oxygen atoms in total. The van der Waals surface area contributed by atoms with Gasteiger partial charge in [-0.1, -0.05) is 60.5 Å². The van der Waals surface area contributed by atoms with Gasteiger partial charge in [-0.15, -0.1) is 0 Å². The maximum absolute atomic E-state index is 6.08. The predicted molar refractivity (Wildman–Crippen MR) is 75.3 cm³/mol. The molecule has 0 unspecified atom stereocenters. The molecular weight excluding hydrogens is 267 g/mol. The van der Waals surface area contributed by atoms with Gasteiger partial charge in [0.25, 0.3) is 0 Å². The standard InChI is InChI=1S/C14H14Cl2N2/c1-2-11-13(15)17-12(18-14(11)16)9-8-10-6-4-3-5-7-10/h3-7H,2,8-9H2,1H3. The molecule has 0 spiro atoms. The number of aromatic nitrogens is 2. The molecule has 1 aromatic carbocycles. The largest absolute Gasteiger partial charge is 0.221 e. The molecule has 0 amide bonds. The van der Waals surface area contributed by atoms with E-state index in [0.29, 0.717) is 16.1 Å². The number of hydrogen-bond donors (Lipinski definition) is 0. The monoisotopic (exact) mass is 280 g/mol. The van der Waals surface area contributed by atoms with Crippen LogP contribution in [0.1, 0.15) is 23.9 Å². The van der Waals surface area contributed by atoms with Gasteiger partial charge in [0.15, 0.2) is 0 Å². The highest BCUT2D eigenvalue weighted by atomic mass is 35.5. The van der Waals surface area contributed by atoms with Crippen molar-refractivity contribution >= 4 is 23.2 Å². The van der Waals surface area contributed by atoms with Gasteiger partial charge >= 0.3 is 0 Å². The second kappa shape index (κ2) is 6.17. The summed E-state index contributed by atoms with van der Waals surface area (Å²) in [4.78, 5) is 8.58. The zero-order valence-corrected chi connectivity index (χ0v) is 11.7. The molecule has 94 valence electrons. The third-order valence-electron chi connectivity index (χ3n) is 2.79. The molecular formula is C14H14Cl2N2. The Morgan fingerprint density at radius 3 is 2.11 bits per heavy atom. The molecule has 0 bridgehead atoms. The van der Waals surface area contributed by atoms with E-state index in [-0.39, 0.29) is 0 Å². The molecule has 2 rings (SSSR count). The maximum atomic E-state index is 6.08. The van der Waals surface area contributed by atoms with Crippen LogP contribution < -0.4 is 0 Å². The van der Waals surface area contributed by atoms with Gasteiger partial charge in [-0.05, 0) is 18.4 Å². The van der Waals surface area contributed by atoms with Crippen molar-refractivity contribution in [3.05, 3.63) is 57.6 Å². The lowest BCUT2D eigenvalue weighted by molar-refractivity contribution is 0.847. The van der Waals surface area contributed by atoms with Crippen LogP contribution in [-0.2, 0) is 19.3 Å². The molecule has 0 radical (unpaired) electrons. The summed E-state index contributed by atoms with van der Waals surface area (Å²) in [7, 11) is 0. The molecule has 1 aromatic heterocycles. The van der Waals surface area contributed by atoms with Crippen LogP contribution in [0.25, 0.3) is 0 Å². The zero-order valence-electron chi connectivity index (χ0n) is 10.2. The number of rotatable bonds is 4. The Hall–Kier alpha value is -1.12. The Balaban J connectivity index is 2.11. The van der Waals surface area contributed by atoms with E-state index in [9.17, 15) is 0 Å². The average molecular weight is 281 g/mol. The van der Waals surface area contributed by atoms with Crippen LogP contribution in [-0.4, -0.2) is 9.97 Å². The summed E-state index contributed by atoms with van der Waals surface area (Å²) in [6.45, 7) is 1.99. The maximum Gasteiger partial charge on any atom is 0.137 e. The van der Waals surface area contributed by atoms with E-state index in [1.54, 1.807) is 0 Å². The Labute approximate surface area is 117 Å². The first-order valence-corrected chi connectivity index (χ1v) is 6.71. The number of nitrogens with zero attached hydrogens (tertiary/aromatic N) is 2. The quantitative estimate of drug-likeness (QED) is 0.787. The Bertz CT molecular complexity index is 504. The summed E-state index contributed by atoms with van der Waals surface area (Å²) in [5, 5.41) is 0.945. The fraction of sp³-hybridized carbons (Fsp3) is 0.286. The van der Waals surface area contributed by atoms with E-state index in [0.717, 1.165) is 24.8 Å². The topological polar surface area (TPSA) is 25.8 Å². The molecule has 0 aliphatic rings. The van der Waals surface area contributed by atoms with Crippen LogP contribution >= 0.6 is 23.2 Å². The van der Waals surface area contributed by atoms with E-state index in [2.05, 4.69) is 22.1 Å². The van der Waals surface area contributed by atoms with Crippen molar-refractivity contribution in [1.82, 2.24) is 9.97 Å². The van der Waals surface area contributed by atoms with Crippen molar-refractivity contribution < 1.29 is 0 Å². The smallest absolute Gasteiger partial charge is 0.137 e. The van der Waals surface area contributed by atoms with Gasteiger partial charge in [0.2, 0.25) is 0 Å². The fourth-order valence-corrected chi connectivity index (χ4v) is 2.47. The molecule has 0 aliphatic heterocycles. The highest BCUT2D eigenvalue weighted by Gasteiger charge is 2.09. The minimum Gasteiger partial charge on any atom is -0.221 e. The molecule has 0 aliphatic carbocycles. The molecule has 0 fully saturated rings. The second-order valence-corrected chi connectivity index (χ2v) is 4.76. The Morgan fingerprint density at radius 1 is 0.944 bits per heavy atom. The lowest BCUT2D eigenvalue weighted by atomic mass is 10.1. The summed E-state index contributed by atoms with van der Waals surface area (Å²) in [6.07, 6.45) is 2.38. The predicted octanol–water partition coefficient (Wildman–Crippen LogP) is 4.13. The molecule has 0 saturated carbocycles. The van der Waals surface area contributed by atoms with Gasteiger partial charge in [-0.3, -0.25) is 0 Å². The minimum absolute atomic E-state index is 0.473. The van der Waals surface area contributed by atoms with Crippen molar-refractivity contribution in [2.24, 2.45) is 0 Å². The normalized spacial score (nSPS) is 10.6. The van der Waals surface area contributed by atoms with Crippen molar-refractivity contribution in [1.29, 1.82) is 0 Å². The number of benzene rings is 1.